The highest BCUT2D eigenvalue weighted by atomic mass is 35.5. The second-order valence-electron chi connectivity index (χ2n) is 6.32. The molecule has 0 saturated heterocycles. The summed E-state index contributed by atoms with van der Waals surface area (Å²) >= 11 is 6.00. The Kier molecular flexibility index (Phi) is 5.20. The number of alkyl halides is 3. The van der Waals surface area contributed by atoms with Gasteiger partial charge in [0.15, 0.2) is 5.69 Å². The SMILES string of the molecule is Cc1nn(Cc2cccc(Cl)c2)c(C)c1NC(=O)c1cc(C(F)(F)F)n(C)n1. The Morgan fingerprint density at radius 3 is 2.54 bits per heavy atom. The second-order valence-corrected chi connectivity index (χ2v) is 6.76. The fraction of sp³-hybridized carbons (Fsp3) is 0.278. The molecule has 0 aliphatic heterocycles. The first-order valence-corrected chi connectivity index (χ1v) is 8.65. The molecule has 10 heteroatoms. The molecular formula is C18H17ClF3N5O. The summed E-state index contributed by atoms with van der Waals surface area (Å²) in [6, 6.07) is 8.01. The summed E-state index contributed by atoms with van der Waals surface area (Å²) < 4.78 is 41.0. The summed E-state index contributed by atoms with van der Waals surface area (Å²) in [6.07, 6.45) is -4.59. The number of anilines is 1. The Balaban J connectivity index is 1.83. The molecule has 28 heavy (non-hydrogen) atoms. The molecule has 6 nitrogen and oxygen atoms in total. The molecule has 0 aliphatic rings. The highest BCUT2D eigenvalue weighted by molar-refractivity contribution is 6.30. The number of aryl methyl sites for hydroxylation is 2. The molecule has 0 atom stereocenters. The highest BCUT2D eigenvalue weighted by Gasteiger charge is 2.35. The number of amides is 1. The molecule has 3 rings (SSSR count). The van der Waals surface area contributed by atoms with Crippen molar-refractivity contribution in [3.05, 3.63) is 63.7 Å². The second kappa shape index (κ2) is 7.31. The first-order chi connectivity index (χ1) is 13.1. The lowest BCUT2D eigenvalue weighted by Crippen LogP contribution is -2.14. The smallest absolute Gasteiger partial charge is 0.317 e. The molecule has 1 amide bonds. The van der Waals surface area contributed by atoms with Gasteiger partial charge in [-0.15, -0.1) is 0 Å². The Bertz CT molecular complexity index is 1040. The molecule has 1 aromatic carbocycles. The van der Waals surface area contributed by atoms with Crippen LogP contribution < -0.4 is 5.32 Å². The minimum atomic E-state index is -4.59. The summed E-state index contributed by atoms with van der Waals surface area (Å²) in [4.78, 5) is 12.4. The van der Waals surface area contributed by atoms with Crippen LogP contribution in [-0.2, 0) is 19.8 Å². The third-order valence-corrected chi connectivity index (χ3v) is 4.48. The van der Waals surface area contributed by atoms with Crippen LogP contribution in [-0.4, -0.2) is 25.5 Å². The normalized spacial score (nSPS) is 11.7. The van der Waals surface area contributed by atoms with E-state index in [2.05, 4.69) is 15.5 Å². The maximum Gasteiger partial charge on any atom is 0.433 e. The molecular weight excluding hydrogens is 395 g/mol. The fourth-order valence-corrected chi connectivity index (χ4v) is 3.07. The molecule has 2 heterocycles. The van der Waals surface area contributed by atoms with Gasteiger partial charge in [-0.05, 0) is 31.5 Å². The van der Waals surface area contributed by atoms with Gasteiger partial charge in [0, 0.05) is 18.1 Å². The molecule has 148 valence electrons. The fourth-order valence-electron chi connectivity index (χ4n) is 2.86. The summed E-state index contributed by atoms with van der Waals surface area (Å²) in [7, 11) is 1.14. The molecule has 3 aromatic rings. The Morgan fingerprint density at radius 2 is 1.93 bits per heavy atom. The van der Waals surface area contributed by atoms with Crippen LogP contribution in [0.25, 0.3) is 0 Å². The molecule has 0 aliphatic carbocycles. The molecule has 0 bridgehead atoms. The van der Waals surface area contributed by atoms with Gasteiger partial charge in [-0.1, -0.05) is 23.7 Å². The zero-order valence-corrected chi connectivity index (χ0v) is 16.1. The van der Waals surface area contributed by atoms with E-state index in [1.165, 1.54) is 0 Å². The van der Waals surface area contributed by atoms with Crippen LogP contribution in [0.1, 0.15) is 33.1 Å². The van der Waals surface area contributed by atoms with Crippen molar-refractivity contribution in [2.45, 2.75) is 26.6 Å². The lowest BCUT2D eigenvalue weighted by atomic mass is 10.2. The van der Waals surface area contributed by atoms with Gasteiger partial charge in [-0.2, -0.15) is 23.4 Å². The number of benzene rings is 1. The molecule has 0 radical (unpaired) electrons. The topological polar surface area (TPSA) is 64.7 Å². The van der Waals surface area contributed by atoms with E-state index in [-0.39, 0.29) is 5.69 Å². The molecule has 2 aromatic heterocycles. The van der Waals surface area contributed by atoms with Crippen molar-refractivity contribution in [1.82, 2.24) is 19.6 Å². The van der Waals surface area contributed by atoms with Crippen molar-refractivity contribution in [2.75, 3.05) is 5.32 Å². The highest BCUT2D eigenvalue weighted by Crippen LogP contribution is 2.29. The lowest BCUT2D eigenvalue weighted by Gasteiger charge is -2.07. The van der Waals surface area contributed by atoms with Gasteiger partial charge in [-0.25, -0.2) is 0 Å². The average molecular weight is 412 g/mol. The first-order valence-electron chi connectivity index (χ1n) is 8.27. The van der Waals surface area contributed by atoms with Crippen LogP contribution in [0.15, 0.2) is 30.3 Å². The van der Waals surface area contributed by atoms with E-state index in [0.29, 0.717) is 33.3 Å². The number of carbonyl (C=O) groups excluding carboxylic acids is 1. The maximum absolute atomic E-state index is 12.9. The molecule has 0 saturated carbocycles. The standard InChI is InChI=1S/C18H17ClF3N5O/c1-10-16(11(2)27(24-10)9-12-5-4-6-13(19)7-12)23-17(28)14-8-15(18(20,21)22)26(3)25-14/h4-8H,9H2,1-3H3,(H,23,28). The minimum absolute atomic E-state index is 0.323. The van der Waals surface area contributed by atoms with Crippen LogP contribution in [0.2, 0.25) is 5.02 Å². The van der Waals surface area contributed by atoms with E-state index < -0.39 is 17.8 Å². The average Bonchev–Trinajstić information content (AvgIpc) is 3.10. The van der Waals surface area contributed by atoms with Crippen LogP contribution in [0.4, 0.5) is 18.9 Å². The van der Waals surface area contributed by atoms with E-state index in [1.54, 1.807) is 24.6 Å². The van der Waals surface area contributed by atoms with Crippen molar-refractivity contribution in [1.29, 1.82) is 0 Å². The Labute approximate surface area is 163 Å². The van der Waals surface area contributed by atoms with Gasteiger partial charge in [-0.3, -0.25) is 14.2 Å². The van der Waals surface area contributed by atoms with Gasteiger partial charge >= 0.3 is 6.18 Å². The number of nitrogens with zero attached hydrogens (tertiary/aromatic N) is 4. The van der Waals surface area contributed by atoms with Crippen molar-refractivity contribution < 1.29 is 18.0 Å². The number of hydrogen-bond acceptors (Lipinski definition) is 3. The van der Waals surface area contributed by atoms with E-state index in [1.807, 2.05) is 18.2 Å². The van der Waals surface area contributed by atoms with E-state index in [4.69, 9.17) is 11.6 Å². The van der Waals surface area contributed by atoms with Crippen LogP contribution in [0.5, 0.6) is 0 Å². The summed E-state index contributed by atoms with van der Waals surface area (Å²) in [6.45, 7) is 3.90. The Morgan fingerprint density at radius 1 is 1.21 bits per heavy atom. The Hall–Kier alpha value is -2.81. The van der Waals surface area contributed by atoms with Crippen molar-refractivity contribution >= 4 is 23.2 Å². The third kappa shape index (κ3) is 4.04. The summed E-state index contributed by atoms with van der Waals surface area (Å²) in [5, 5.41) is 11.3. The lowest BCUT2D eigenvalue weighted by molar-refractivity contribution is -0.143. The molecule has 0 fully saturated rings. The monoisotopic (exact) mass is 411 g/mol. The van der Waals surface area contributed by atoms with Gasteiger partial charge in [0.2, 0.25) is 0 Å². The largest absolute Gasteiger partial charge is 0.433 e. The first kappa shape index (κ1) is 19.9. The number of rotatable bonds is 4. The zero-order valence-electron chi connectivity index (χ0n) is 15.3. The van der Waals surface area contributed by atoms with Crippen LogP contribution in [0, 0.1) is 13.8 Å². The number of carbonyl (C=O) groups is 1. The maximum atomic E-state index is 12.9. The predicted octanol–water partition coefficient (Wildman–Crippen LogP) is 4.21. The van der Waals surface area contributed by atoms with Gasteiger partial charge in [0.05, 0.1) is 23.6 Å². The predicted molar refractivity (Wildman–Crippen MR) is 98.4 cm³/mol. The van der Waals surface area contributed by atoms with Gasteiger partial charge in [0.25, 0.3) is 5.91 Å². The van der Waals surface area contributed by atoms with E-state index in [9.17, 15) is 18.0 Å². The minimum Gasteiger partial charge on any atom is -0.317 e. The molecule has 1 N–H and O–H groups in total. The van der Waals surface area contributed by atoms with Gasteiger partial charge < -0.3 is 5.32 Å². The number of aromatic nitrogens is 4. The van der Waals surface area contributed by atoms with E-state index >= 15 is 0 Å². The quantitative estimate of drug-likeness (QED) is 0.699. The summed E-state index contributed by atoms with van der Waals surface area (Å²) in [5.41, 5.74) is 1.25. The van der Waals surface area contributed by atoms with Crippen LogP contribution >= 0.6 is 11.6 Å². The van der Waals surface area contributed by atoms with Crippen LogP contribution in [0.3, 0.4) is 0 Å². The summed E-state index contributed by atoms with van der Waals surface area (Å²) in [5.74, 6) is -0.736. The molecule has 0 unspecified atom stereocenters. The number of nitrogens with one attached hydrogen (secondary N) is 1. The third-order valence-electron chi connectivity index (χ3n) is 4.24. The van der Waals surface area contributed by atoms with Crippen molar-refractivity contribution in [2.24, 2.45) is 7.05 Å². The number of hydrogen-bond donors (Lipinski definition) is 1. The zero-order chi connectivity index (χ0) is 20.6. The van der Waals surface area contributed by atoms with Crippen molar-refractivity contribution in [3.63, 3.8) is 0 Å². The number of halogens is 4. The van der Waals surface area contributed by atoms with E-state index in [0.717, 1.165) is 18.7 Å². The van der Waals surface area contributed by atoms with Gasteiger partial charge in [0.1, 0.15) is 5.69 Å². The molecule has 0 spiro atoms. The van der Waals surface area contributed by atoms with Crippen molar-refractivity contribution in [3.8, 4) is 0 Å².